The molecule has 0 radical (unpaired) electrons. The molecule has 4 nitrogen and oxygen atoms in total. The van der Waals surface area contributed by atoms with Gasteiger partial charge in [-0.3, -0.25) is 0 Å². The predicted octanol–water partition coefficient (Wildman–Crippen LogP) is 3.06. The van der Waals surface area contributed by atoms with Crippen LogP contribution < -0.4 is 4.74 Å². The summed E-state index contributed by atoms with van der Waals surface area (Å²) >= 11 is 0. The molecule has 1 aliphatic carbocycles. The topological polar surface area (TPSA) is 69.9 Å². The van der Waals surface area contributed by atoms with Crippen LogP contribution in [0.1, 0.15) is 5.56 Å². The van der Waals surface area contributed by atoms with Crippen molar-refractivity contribution in [3.05, 3.63) is 59.7 Å². The molecule has 0 saturated heterocycles. The van der Waals surface area contributed by atoms with E-state index in [0.717, 1.165) is 5.57 Å². The molecule has 0 saturated carbocycles. The summed E-state index contributed by atoms with van der Waals surface area (Å²) in [5.41, 5.74) is 0.891. The number of ether oxygens (including phenoxy) is 1. The van der Waals surface area contributed by atoms with Gasteiger partial charge >= 0.3 is 0 Å². The van der Waals surface area contributed by atoms with Crippen LogP contribution in [0.5, 0.6) is 17.2 Å². The van der Waals surface area contributed by atoms with Crippen LogP contribution >= 0.6 is 0 Å². The van der Waals surface area contributed by atoms with Crippen molar-refractivity contribution in [3.8, 4) is 17.2 Å². The summed E-state index contributed by atoms with van der Waals surface area (Å²) in [7, 11) is 1.42. The van der Waals surface area contributed by atoms with Crippen LogP contribution in [0.4, 0.5) is 0 Å². The van der Waals surface area contributed by atoms with Crippen molar-refractivity contribution >= 4 is 5.76 Å². The summed E-state index contributed by atoms with van der Waals surface area (Å²) in [6.07, 6.45) is 10.6. The maximum atomic E-state index is 9.91. The summed E-state index contributed by atoms with van der Waals surface area (Å²) < 4.78 is 4.90. The molecule has 0 amide bonds. The second-order valence-electron chi connectivity index (χ2n) is 3.98. The van der Waals surface area contributed by atoms with Gasteiger partial charge in [-0.15, -0.1) is 0 Å². The van der Waals surface area contributed by atoms with Gasteiger partial charge in [-0.2, -0.15) is 0 Å². The fraction of sp³-hybridized carbons (Fsp3) is 0.0667. The van der Waals surface area contributed by atoms with Crippen LogP contribution in [0.25, 0.3) is 5.76 Å². The van der Waals surface area contributed by atoms with Gasteiger partial charge in [0.1, 0.15) is 28.6 Å². The van der Waals surface area contributed by atoms with Crippen molar-refractivity contribution in [2.75, 3.05) is 7.11 Å². The van der Waals surface area contributed by atoms with Crippen LogP contribution in [0.15, 0.2) is 54.2 Å². The van der Waals surface area contributed by atoms with Gasteiger partial charge in [0.05, 0.1) is 7.11 Å². The molecular formula is C15H14O4. The Morgan fingerprint density at radius 2 is 1.68 bits per heavy atom. The van der Waals surface area contributed by atoms with E-state index in [0.29, 0.717) is 5.75 Å². The number of benzene rings is 1. The second kappa shape index (κ2) is 5.35. The predicted molar refractivity (Wildman–Crippen MR) is 73.3 cm³/mol. The lowest BCUT2D eigenvalue weighted by molar-refractivity contribution is 0.394. The minimum absolute atomic E-state index is 0.0244. The number of aliphatic hydroxyl groups excluding tert-OH is 1. The second-order valence-corrected chi connectivity index (χ2v) is 3.98. The number of phenolic OH excluding ortho intramolecular Hbond substituents is 2. The lowest BCUT2D eigenvalue weighted by Gasteiger charge is -2.08. The van der Waals surface area contributed by atoms with Crippen molar-refractivity contribution in [3.63, 3.8) is 0 Å². The van der Waals surface area contributed by atoms with Gasteiger partial charge in [-0.05, 0) is 11.6 Å². The highest BCUT2D eigenvalue weighted by Crippen LogP contribution is 2.36. The van der Waals surface area contributed by atoms with E-state index < -0.39 is 0 Å². The molecule has 0 aromatic heterocycles. The zero-order valence-corrected chi connectivity index (χ0v) is 10.4. The first-order valence-corrected chi connectivity index (χ1v) is 5.68. The average molecular weight is 258 g/mol. The van der Waals surface area contributed by atoms with Crippen molar-refractivity contribution in [1.82, 2.24) is 0 Å². The summed E-state index contributed by atoms with van der Waals surface area (Å²) in [6, 6.07) is 2.64. The SMILES string of the molecule is COc1cc(O)c(C(O)=CC=C2C=CC=C2)c(O)c1. The number of allylic oxidation sites excluding steroid dienone is 7. The van der Waals surface area contributed by atoms with Crippen LogP contribution in [0.3, 0.4) is 0 Å². The molecule has 1 aliphatic rings. The molecule has 1 aromatic carbocycles. The molecule has 4 heteroatoms. The first-order valence-electron chi connectivity index (χ1n) is 5.68. The molecule has 0 bridgehead atoms. The number of hydrogen-bond acceptors (Lipinski definition) is 4. The average Bonchev–Trinajstić information content (AvgIpc) is 2.88. The minimum Gasteiger partial charge on any atom is -0.507 e. The highest BCUT2D eigenvalue weighted by molar-refractivity contribution is 5.72. The zero-order chi connectivity index (χ0) is 13.8. The standard InChI is InChI=1S/C15H14O4/c1-19-11-8-13(17)15(14(18)9-11)12(16)7-6-10-4-2-3-5-10/h2-9,16-18H,1H3. The molecule has 0 spiro atoms. The maximum Gasteiger partial charge on any atom is 0.133 e. The maximum absolute atomic E-state index is 9.91. The Labute approximate surface area is 110 Å². The Morgan fingerprint density at radius 3 is 2.21 bits per heavy atom. The van der Waals surface area contributed by atoms with Crippen LogP contribution in [0, 0.1) is 0 Å². The Hall–Kier alpha value is -2.62. The lowest BCUT2D eigenvalue weighted by Crippen LogP contribution is -1.89. The Morgan fingerprint density at radius 1 is 1.11 bits per heavy atom. The number of aromatic hydroxyl groups is 2. The Balaban J connectivity index is 2.36. The van der Waals surface area contributed by atoms with Crippen LogP contribution in [0.2, 0.25) is 0 Å². The molecular weight excluding hydrogens is 244 g/mol. The van der Waals surface area contributed by atoms with E-state index in [1.807, 2.05) is 24.3 Å². The largest absolute Gasteiger partial charge is 0.507 e. The summed E-state index contributed by atoms with van der Waals surface area (Å²) in [6.45, 7) is 0. The van der Waals surface area contributed by atoms with Gasteiger partial charge in [-0.25, -0.2) is 0 Å². The van der Waals surface area contributed by atoms with Crippen molar-refractivity contribution in [1.29, 1.82) is 0 Å². The molecule has 0 atom stereocenters. The molecule has 19 heavy (non-hydrogen) atoms. The third-order valence-corrected chi connectivity index (χ3v) is 2.68. The van der Waals surface area contributed by atoms with E-state index in [9.17, 15) is 15.3 Å². The van der Waals surface area contributed by atoms with E-state index >= 15 is 0 Å². The number of phenols is 2. The number of hydrogen-bond donors (Lipinski definition) is 3. The number of rotatable bonds is 3. The monoisotopic (exact) mass is 258 g/mol. The summed E-state index contributed by atoms with van der Waals surface area (Å²) in [5, 5.41) is 29.5. The zero-order valence-electron chi connectivity index (χ0n) is 10.4. The first kappa shape index (κ1) is 12.8. The summed E-state index contributed by atoms with van der Waals surface area (Å²) in [4.78, 5) is 0. The van der Waals surface area contributed by atoms with Gasteiger partial charge < -0.3 is 20.1 Å². The lowest BCUT2D eigenvalue weighted by atomic mass is 10.1. The molecule has 1 aromatic rings. The molecule has 0 unspecified atom stereocenters. The Bertz CT molecular complexity index is 570. The Kier molecular flexibility index (Phi) is 3.61. The van der Waals surface area contributed by atoms with Crippen molar-refractivity contribution < 1.29 is 20.1 Å². The third kappa shape index (κ3) is 2.80. The van der Waals surface area contributed by atoms with E-state index in [-0.39, 0.29) is 22.8 Å². The van der Waals surface area contributed by atoms with Crippen LogP contribution in [-0.4, -0.2) is 22.4 Å². The van der Waals surface area contributed by atoms with Gasteiger partial charge in [0, 0.05) is 12.1 Å². The molecule has 98 valence electrons. The molecule has 2 rings (SSSR count). The van der Waals surface area contributed by atoms with Crippen molar-refractivity contribution in [2.24, 2.45) is 0 Å². The molecule has 0 aliphatic heterocycles. The smallest absolute Gasteiger partial charge is 0.133 e. The van der Waals surface area contributed by atoms with E-state index in [2.05, 4.69) is 0 Å². The van der Waals surface area contributed by atoms with Gasteiger partial charge in [-0.1, -0.05) is 30.4 Å². The first-order chi connectivity index (χ1) is 9.11. The van der Waals surface area contributed by atoms with E-state index in [4.69, 9.17) is 4.74 Å². The molecule has 0 heterocycles. The fourth-order valence-corrected chi connectivity index (χ4v) is 1.73. The quantitative estimate of drug-likeness (QED) is 0.729. The number of aliphatic hydroxyl groups is 1. The van der Waals surface area contributed by atoms with E-state index in [1.54, 1.807) is 6.08 Å². The molecule has 0 fully saturated rings. The molecule has 3 N–H and O–H groups in total. The minimum atomic E-state index is -0.249. The number of methoxy groups -OCH3 is 1. The van der Waals surface area contributed by atoms with E-state index in [1.165, 1.54) is 25.3 Å². The highest BCUT2D eigenvalue weighted by atomic mass is 16.5. The highest BCUT2D eigenvalue weighted by Gasteiger charge is 2.13. The normalized spacial score (nSPS) is 13.9. The van der Waals surface area contributed by atoms with Gasteiger partial charge in [0.2, 0.25) is 0 Å². The fourth-order valence-electron chi connectivity index (χ4n) is 1.73. The van der Waals surface area contributed by atoms with Crippen LogP contribution in [-0.2, 0) is 0 Å². The summed E-state index contributed by atoms with van der Waals surface area (Å²) in [5.74, 6) is -0.409. The third-order valence-electron chi connectivity index (χ3n) is 2.68. The van der Waals surface area contributed by atoms with Crippen molar-refractivity contribution in [2.45, 2.75) is 0 Å². The van der Waals surface area contributed by atoms with Gasteiger partial charge in [0.25, 0.3) is 0 Å². The van der Waals surface area contributed by atoms with Gasteiger partial charge in [0.15, 0.2) is 0 Å².